The van der Waals surface area contributed by atoms with E-state index in [1.165, 1.54) is 32.8 Å². The molecule has 19 heavy (non-hydrogen) atoms. The molecule has 0 saturated heterocycles. The van der Waals surface area contributed by atoms with Crippen molar-refractivity contribution < 1.29 is 4.68 Å². The molecule has 0 aliphatic rings. The van der Waals surface area contributed by atoms with Gasteiger partial charge in [0.2, 0.25) is 0 Å². The first-order valence-corrected chi connectivity index (χ1v) is 6.55. The fourth-order valence-corrected chi connectivity index (χ4v) is 3.07. The van der Waals surface area contributed by atoms with Gasteiger partial charge in [0.05, 0.1) is 0 Å². The second-order valence-electron chi connectivity index (χ2n) is 5.10. The lowest BCUT2D eigenvalue weighted by molar-refractivity contribution is -0.735. The zero-order valence-corrected chi connectivity index (χ0v) is 11.1. The summed E-state index contributed by atoms with van der Waals surface area (Å²) in [5, 5.41) is 3.95. The molecule has 4 rings (SSSR count). The maximum absolute atomic E-state index is 2.30. The maximum atomic E-state index is 2.30. The van der Waals surface area contributed by atoms with Crippen molar-refractivity contribution in [3.63, 3.8) is 0 Å². The van der Waals surface area contributed by atoms with Gasteiger partial charge in [-0.3, -0.25) is 0 Å². The van der Waals surface area contributed by atoms with Gasteiger partial charge in [-0.15, -0.1) is 9.20 Å². The lowest BCUT2D eigenvalue weighted by atomic mass is 10.0. The monoisotopic (exact) mass is 247 g/mol. The summed E-state index contributed by atoms with van der Waals surface area (Å²) < 4.78 is 4.45. The van der Waals surface area contributed by atoms with E-state index in [1.54, 1.807) is 0 Å². The molecule has 0 amide bonds. The van der Waals surface area contributed by atoms with E-state index in [-0.39, 0.29) is 0 Å². The van der Waals surface area contributed by atoms with Crippen LogP contribution >= 0.6 is 0 Å². The zero-order valence-electron chi connectivity index (χ0n) is 11.1. The number of aromatic nitrogens is 2. The number of benzene rings is 2. The first-order chi connectivity index (χ1) is 9.27. The van der Waals surface area contributed by atoms with Gasteiger partial charge in [0, 0.05) is 16.8 Å². The molecule has 4 aromatic rings. The molecule has 0 bridgehead atoms. The van der Waals surface area contributed by atoms with Gasteiger partial charge in [0.15, 0.2) is 13.2 Å². The Labute approximate surface area is 111 Å². The van der Waals surface area contributed by atoms with Crippen LogP contribution in [0.25, 0.3) is 27.2 Å². The average molecular weight is 247 g/mol. The summed E-state index contributed by atoms with van der Waals surface area (Å²) >= 11 is 0. The van der Waals surface area contributed by atoms with Crippen molar-refractivity contribution in [1.29, 1.82) is 0 Å². The highest BCUT2D eigenvalue weighted by Gasteiger charge is 2.15. The van der Waals surface area contributed by atoms with E-state index in [2.05, 4.69) is 77.9 Å². The fraction of sp³-hybridized carbons (Fsp3) is 0.118. The van der Waals surface area contributed by atoms with E-state index in [1.807, 2.05) is 0 Å². The van der Waals surface area contributed by atoms with Gasteiger partial charge >= 0.3 is 0 Å². The van der Waals surface area contributed by atoms with Gasteiger partial charge in [0.25, 0.3) is 0 Å². The third-order valence-electron chi connectivity index (χ3n) is 3.93. The van der Waals surface area contributed by atoms with E-state index in [4.69, 9.17) is 0 Å². The van der Waals surface area contributed by atoms with Crippen LogP contribution in [0.4, 0.5) is 0 Å². The second-order valence-corrected chi connectivity index (χ2v) is 5.10. The largest absolute Gasteiger partial charge is 0.196 e. The molecule has 0 unspecified atom stereocenters. The molecule has 2 aromatic heterocycles. The summed E-state index contributed by atoms with van der Waals surface area (Å²) in [7, 11) is 2.09. The van der Waals surface area contributed by atoms with Crippen LogP contribution in [0.1, 0.15) is 5.56 Å². The molecular formula is C17H15N2+. The molecule has 0 N–H and O–H groups in total. The maximum Gasteiger partial charge on any atom is 0.196 e. The van der Waals surface area contributed by atoms with Crippen molar-refractivity contribution in [2.24, 2.45) is 7.05 Å². The Bertz CT molecular complexity index is 932. The molecule has 92 valence electrons. The smallest absolute Gasteiger partial charge is 0.120 e. The van der Waals surface area contributed by atoms with Crippen LogP contribution in [-0.4, -0.2) is 4.52 Å². The Balaban J connectivity index is 2.49. The van der Waals surface area contributed by atoms with Crippen molar-refractivity contribution in [2.45, 2.75) is 6.92 Å². The number of hydrogen-bond acceptors (Lipinski definition) is 0. The quantitative estimate of drug-likeness (QED) is 0.332. The Hall–Kier alpha value is -2.35. The van der Waals surface area contributed by atoms with Crippen molar-refractivity contribution in [2.75, 3.05) is 0 Å². The summed E-state index contributed by atoms with van der Waals surface area (Å²) in [6.07, 6.45) is 2.12. The third-order valence-corrected chi connectivity index (χ3v) is 3.93. The number of pyridine rings is 1. The van der Waals surface area contributed by atoms with Crippen LogP contribution in [0.15, 0.2) is 54.7 Å². The molecule has 2 heterocycles. The van der Waals surface area contributed by atoms with Crippen molar-refractivity contribution in [1.82, 2.24) is 4.52 Å². The van der Waals surface area contributed by atoms with Crippen LogP contribution in [0.3, 0.4) is 0 Å². The summed E-state index contributed by atoms with van der Waals surface area (Å²) in [5.74, 6) is 0. The van der Waals surface area contributed by atoms with Crippen LogP contribution in [-0.2, 0) is 7.05 Å². The number of nitrogens with zero attached hydrogens (tertiary/aromatic N) is 2. The van der Waals surface area contributed by atoms with Gasteiger partial charge < -0.3 is 0 Å². The highest BCUT2D eigenvalue weighted by atomic mass is 15.3. The van der Waals surface area contributed by atoms with Gasteiger partial charge in [-0.2, -0.15) is 0 Å². The number of para-hydroxylation sites is 1. The SMILES string of the molecule is Cc1cccc2c3ccccc3c3cc[n+](C)n3c12. The lowest BCUT2D eigenvalue weighted by Gasteiger charge is -2.08. The minimum Gasteiger partial charge on any atom is -0.120 e. The minimum absolute atomic E-state index is 1.26. The number of aryl methyl sites for hydroxylation is 2. The van der Waals surface area contributed by atoms with Crippen LogP contribution in [0, 0.1) is 6.92 Å². The Morgan fingerprint density at radius 2 is 1.58 bits per heavy atom. The van der Waals surface area contributed by atoms with Gasteiger partial charge in [-0.25, -0.2) is 0 Å². The van der Waals surface area contributed by atoms with E-state index in [9.17, 15) is 0 Å². The first-order valence-electron chi connectivity index (χ1n) is 6.55. The van der Waals surface area contributed by atoms with Crippen molar-refractivity contribution >= 4 is 27.2 Å². The molecule has 0 spiro atoms. The molecular weight excluding hydrogens is 232 g/mol. The lowest BCUT2D eigenvalue weighted by Crippen LogP contribution is -2.34. The Kier molecular flexibility index (Phi) is 1.99. The summed E-state index contributed by atoms with van der Waals surface area (Å²) in [6, 6.07) is 17.4. The van der Waals surface area contributed by atoms with E-state index in [0.717, 1.165) is 0 Å². The Morgan fingerprint density at radius 3 is 2.42 bits per heavy atom. The van der Waals surface area contributed by atoms with Crippen molar-refractivity contribution in [3.05, 3.63) is 60.3 Å². The molecule has 2 heteroatoms. The number of fused-ring (bicyclic) bond motifs is 6. The summed E-state index contributed by atoms with van der Waals surface area (Å²) in [5.41, 5.74) is 3.86. The normalized spacial score (nSPS) is 11.7. The van der Waals surface area contributed by atoms with Crippen LogP contribution in [0.2, 0.25) is 0 Å². The highest BCUT2D eigenvalue weighted by molar-refractivity contribution is 6.12. The molecule has 0 fully saturated rings. The molecule has 0 atom stereocenters. The predicted octanol–water partition coefficient (Wildman–Crippen LogP) is 3.38. The first kappa shape index (κ1) is 10.6. The number of rotatable bonds is 0. The van der Waals surface area contributed by atoms with Gasteiger partial charge in [-0.1, -0.05) is 42.5 Å². The van der Waals surface area contributed by atoms with E-state index >= 15 is 0 Å². The molecule has 2 aromatic carbocycles. The summed E-state index contributed by atoms with van der Waals surface area (Å²) in [4.78, 5) is 0. The standard InChI is InChI=1S/C17H15N2/c1-12-6-5-9-15-13-7-3-4-8-14(13)16-10-11-18(2)19(16)17(12)15/h3-11H,1-2H3/q+1. The van der Waals surface area contributed by atoms with Crippen LogP contribution < -0.4 is 4.68 Å². The van der Waals surface area contributed by atoms with Crippen molar-refractivity contribution in [3.8, 4) is 0 Å². The predicted molar refractivity (Wildman–Crippen MR) is 78.3 cm³/mol. The molecule has 0 saturated carbocycles. The van der Waals surface area contributed by atoms with E-state index in [0.29, 0.717) is 0 Å². The molecule has 2 nitrogen and oxygen atoms in total. The van der Waals surface area contributed by atoms with Crippen LogP contribution in [0.5, 0.6) is 0 Å². The Morgan fingerprint density at radius 1 is 0.842 bits per heavy atom. The second kappa shape index (κ2) is 3.58. The highest BCUT2D eigenvalue weighted by Crippen LogP contribution is 2.29. The van der Waals surface area contributed by atoms with Gasteiger partial charge in [-0.05, 0) is 17.9 Å². The van der Waals surface area contributed by atoms with Gasteiger partial charge in [0.1, 0.15) is 11.0 Å². The molecule has 0 radical (unpaired) electrons. The molecule has 0 aliphatic carbocycles. The third kappa shape index (κ3) is 1.28. The number of hydrogen-bond donors (Lipinski definition) is 0. The molecule has 0 aliphatic heterocycles. The fourth-order valence-electron chi connectivity index (χ4n) is 3.07. The topological polar surface area (TPSA) is 8.29 Å². The average Bonchev–Trinajstić information content (AvgIpc) is 2.82. The van der Waals surface area contributed by atoms with E-state index < -0.39 is 0 Å². The summed E-state index contributed by atoms with van der Waals surface area (Å²) in [6.45, 7) is 2.18. The minimum atomic E-state index is 1.26. The zero-order chi connectivity index (χ0) is 13.0.